The van der Waals surface area contributed by atoms with Gasteiger partial charge < -0.3 is 15.2 Å². The Morgan fingerprint density at radius 1 is 1.55 bits per heavy atom. The third kappa shape index (κ3) is 2.43. The van der Waals surface area contributed by atoms with Crippen LogP contribution < -0.4 is 5.32 Å². The molecule has 3 nitrogen and oxygen atoms in total. The van der Waals surface area contributed by atoms with E-state index in [2.05, 4.69) is 12.2 Å². The zero-order valence-corrected chi connectivity index (χ0v) is 7.21. The van der Waals surface area contributed by atoms with Gasteiger partial charge in [-0.2, -0.15) is 0 Å². The molecule has 1 saturated heterocycles. The summed E-state index contributed by atoms with van der Waals surface area (Å²) in [5, 5.41) is 12.2. The van der Waals surface area contributed by atoms with E-state index in [1.54, 1.807) is 0 Å². The molecule has 2 unspecified atom stereocenters. The van der Waals surface area contributed by atoms with Crippen LogP contribution in [0.15, 0.2) is 0 Å². The number of aliphatic hydroxyl groups excluding tert-OH is 1. The van der Waals surface area contributed by atoms with E-state index in [9.17, 15) is 0 Å². The van der Waals surface area contributed by atoms with Crippen LogP contribution in [0.5, 0.6) is 0 Å². The molecule has 1 heterocycles. The zero-order chi connectivity index (χ0) is 8.27. The lowest BCUT2D eigenvalue weighted by Crippen LogP contribution is -2.51. The molecule has 0 spiro atoms. The summed E-state index contributed by atoms with van der Waals surface area (Å²) in [5.74, 6) is 0.329. The van der Waals surface area contributed by atoms with E-state index in [4.69, 9.17) is 9.84 Å². The van der Waals surface area contributed by atoms with E-state index in [0.29, 0.717) is 18.0 Å². The van der Waals surface area contributed by atoms with Gasteiger partial charge in [0, 0.05) is 12.6 Å². The first-order chi connectivity index (χ1) is 5.24. The Labute approximate surface area is 67.7 Å². The highest BCUT2D eigenvalue weighted by Gasteiger charge is 2.21. The molecule has 0 aromatic rings. The first-order valence-corrected chi connectivity index (χ1v) is 4.18. The fourth-order valence-electron chi connectivity index (χ4n) is 1.03. The van der Waals surface area contributed by atoms with Crippen molar-refractivity contribution in [1.29, 1.82) is 0 Å². The molecule has 66 valence electrons. The van der Waals surface area contributed by atoms with E-state index in [1.165, 1.54) is 0 Å². The smallest absolute Gasteiger partial charge is 0.0643 e. The SMILES string of the molecule is CC(CO)C(C)NC1COC1. The first kappa shape index (κ1) is 8.97. The first-order valence-electron chi connectivity index (χ1n) is 4.18. The summed E-state index contributed by atoms with van der Waals surface area (Å²) in [4.78, 5) is 0. The van der Waals surface area contributed by atoms with Gasteiger partial charge in [0.05, 0.1) is 19.3 Å². The molecule has 0 aromatic heterocycles. The van der Waals surface area contributed by atoms with Crippen LogP contribution in [-0.4, -0.2) is 37.0 Å². The molecule has 3 heteroatoms. The molecule has 1 aliphatic rings. The third-order valence-corrected chi connectivity index (χ3v) is 2.28. The van der Waals surface area contributed by atoms with Crippen molar-refractivity contribution in [3.63, 3.8) is 0 Å². The highest BCUT2D eigenvalue weighted by molar-refractivity contribution is 4.78. The lowest BCUT2D eigenvalue weighted by atomic mass is 10.0. The van der Waals surface area contributed by atoms with E-state index >= 15 is 0 Å². The van der Waals surface area contributed by atoms with Crippen molar-refractivity contribution in [3.05, 3.63) is 0 Å². The molecule has 1 aliphatic heterocycles. The maximum Gasteiger partial charge on any atom is 0.0643 e. The summed E-state index contributed by atoms with van der Waals surface area (Å²) in [6.45, 7) is 6.03. The predicted octanol–water partition coefficient (Wildman–Crippen LogP) is -0.00830. The maximum atomic E-state index is 8.84. The largest absolute Gasteiger partial charge is 0.396 e. The van der Waals surface area contributed by atoms with Crippen LogP contribution in [-0.2, 0) is 4.74 Å². The predicted molar refractivity (Wildman–Crippen MR) is 43.5 cm³/mol. The van der Waals surface area contributed by atoms with Crippen LogP contribution in [0.25, 0.3) is 0 Å². The molecular weight excluding hydrogens is 142 g/mol. The molecule has 1 rings (SSSR count). The monoisotopic (exact) mass is 159 g/mol. The van der Waals surface area contributed by atoms with Gasteiger partial charge in [0.1, 0.15) is 0 Å². The summed E-state index contributed by atoms with van der Waals surface area (Å²) < 4.78 is 5.02. The van der Waals surface area contributed by atoms with Crippen LogP contribution in [0.1, 0.15) is 13.8 Å². The lowest BCUT2D eigenvalue weighted by Gasteiger charge is -2.32. The van der Waals surface area contributed by atoms with Crippen molar-refractivity contribution < 1.29 is 9.84 Å². The Bertz CT molecular complexity index is 115. The van der Waals surface area contributed by atoms with Gasteiger partial charge in [0.15, 0.2) is 0 Å². The topological polar surface area (TPSA) is 41.5 Å². The van der Waals surface area contributed by atoms with Gasteiger partial charge in [0.2, 0.25) is 0 Å². The lowest BCUT2D eigenvalue weighted by molar-refractivity contribution is -0.0131. The number of hydrogen-bond donors (Lipinski definition) is 2. The van der Waals surface area contributed by atoms with Crippen LogP contribution in [0.4, 0.5) is 0 Å². The van der Waals surface area contributed by atoms with E-state index in [0.717, 1.165) is 13.2 Å². The van der Waals surface area contributed by atoms with Gasteiger partial charge in [-0.1, -0.05) is 6.92 Å². The molecule has 0 amide bonds. The minimum Gasteiger partial charge on any atom is -0.396 e. The summed E-state index contributed by atoms with van der Waals surface area (Å²) in [6, 6.07) is 0.896. The molecule has 2 atom stereocenters. The number of hydrogen-bond acceptors (Lipinski definition) is 3. The highest BCUT2D eigenvalue weighted by atomic mass is 16.5. The summed E-state index contributed by atoms with van der Waals surface area (Å²) in [6.07, 6.45) is 0. The van der Waals surface area contributed by atoms with Crippen molar-refractivity contribution in [2.24, 2.45) is 5.92 Å². The van der Waals surface area contributed by atoms with Crippen LogP contribution >= 0.6 is 0 Å². The Balaban J connectivity index is 2.13. The molecule has 1 fully saturated rings. The van der Waals surface area contributed by atoms with Crippen molar-refractivity contribution in [2.45, 2.75) is 25.9 Å². The van der Waals surface area contributed by atoms with Crippen LogP contribution in [0.2, 0.25) is 0 Å². The summed E-state index contributed by atoms with van der Waals surface area (Å²) in [5.41, 5.74) is 0. The normalized spacial score (nSPS) is 24.3. The highest BCUT2D eigenvalue weighted by Crippen LogP contribution is 2.06. The van der Waals surface area contributed by atoms with Crippen LogP contribution in [0, 0.1) is 5.92 Å². The maximum absolute atomic E-state index is 8.84. The second kappa shape index (κ2) is 4.04. The minimum atomic E-state index is 0.252. The number of aliphatic hydroxyl groups is 1. The fraction of sp³-hybridized carbons (Fsp3) is 1.00. The Hall–Kier alpha value is -0.120. The minimum absolute atomic E-state index is 0.252. The number of rotatable bonds is 4. The third-order valence-electron chi connectivity index (χ3n) is 2.28. The van der Waals surface area contributed by atoms with Gasteiger partial charge in [0.25, 0.3) is 0 Å². The Kier molecular flexibility index (Phi) is 3.30. The zero-order valence-electron chi connectivity index (χ0n) is 7.21. The fourth-order valence-corrected chi connectivity index (χ4v) is 1.03. The molecular formula is C8H17NO2. The number of ether oxygens (including phenoxy) is 1. The Morgan fingerprint density at radius 2 is 2.18 bits per heavy atom. The van der Waals surface area contributed by atoms with Gasteiger partial charge in [-0.05, 0) is 12.8 Å². The van der Waals surface area contributed by atoms with E-state index < -0.39 is 0 Å². The molecule has 0 aromatic carbocycles. The average Bonchev–Trinajstić information content (AvgIpc) is 1.94. The molecule has 0 bridgehead atoms. The van der Waals surface area contributed by atoms with Crippen molar-refractivity contribution in [1.82, 2.24) is 5.32 Å². The number of nitrogens with one attached hydrogen (secondary N) is 1. The van der Waals surface area contributed by atoms with E-state index in [1.807, 2.05) is 6.92 Å². The standard InChI is InChI=1S/C8H17NO2/c1-6(3-10)7(2)9-8-4-11-5-8/h6-10H,3-5H2,1-2H3. The second-order valence-corrected chi connectivity index (χ2v) is 3.35. The molecule has 0 radical (unpaired) electrons. The van der Waals surface area contributed by atoms with Gasteiger partial charge in [-0.3, -0.25) is 0 Å². The second-order valence-electron chi connectivity index (χ2n) is 3.35. The van der Waals surface area contributed by atoms with E-state index in [-0.39, 0.29) is 6.61 Å². The van der Waals surface area contributed by atoms with Crippen molar-refractivity contribution in [2.75, 3.05) is 19.8 Å². The van der Waals surface area contributed by atoms with Gasteiger partial charge in [-0.25, -0.2) is 0 Å². The van der Waals surface area contributed by atoms with Crippen molar-refractivity contribution in [3.8, 4) is 0 Å². The van der Waals surface area contributed by atoms with Crippen LogP contribution in [0.3, 0.4) is 0 Å². The van der Waals surface area contributed by atoms with Crippen molar-refractivity contribution >= 4 is 0 Å². The molecule has 11 heavy (non-hydrogen) atoms. The average molecular weight is 159 g/mol. The Morgan fingerprint density at radius 3 is 2.55 bits per heavy atom. The quantitative estimate of drug-likeness (QED) is 0.606. The van der Waals surface area contributed by atoms with Gasteiger partial charge >= 0.3 is 0 Å². The summed E-state index contributed by atoms with van der Waals surface area (Å²) >= 11 is 0. The summed E-state index contributed by atoms with van der Waals surface area (Å²) in [7, 11) is 0. The van der Waals surface area contributed by atoms with Gasteiger partial charge in [-0.15, -0.1) is 0 Å². The molecule has 0 saturated carbocycles. The molecule has 0 aliphatic carbocycles. The molecule has 2 N–H and O–H groups in total.